The molecule has 84 valence electrons. The Bertz CT molecular complexity index is 461. The van der Waals surface area contributed by atoms with Gasteiger partial charge >= 0.3 is 0 Å². The van der Waals surface area contributed by atoms with Crippen LogP contribution in [0.2, 0.25) is 5.02 Å². The molecule has 0 aliphatic rings. The van der Waals surface area contributed by atoms with E-state index in [-0.39, 0.29) is 21.8 Å². The summed E-state index contributed by atoms with van der Waals surface area (Å²) in [6, 6.07) is 2.13. The maximum atomic E-state index is 11.2. The lowest BCUT2D eigenvalue weighted by atomic mass is 10.0. The van der Waals surface area contributed by atoms with E-state index in [9.17, 15) is 19.7 Å². The minimum Gasteiger partial charge on any atom is -0.294 e. The third kappa shape index (κ3) is 2.25. The Balaban J connectivity index is 3.57. The van der Waals surface area contributed by atoms with Crippen LogP contribution in [0.4, 0.5) is 5.69 Å². The van der Waals surface area contributed by atoms with E-state index in [1.165, 1.54) is 13.8 Å². The summed E-state index contributed by atoms with van der Waals surface area (Å²) in [5.41, 5.74) is -0.345. The van der Waals surface area contributed by atoms with Gasteiger partial charge in [-0.3, -0.25) is 19.7 Å². The van der Waals surface area contributed by atoms with Gasteiger partial charge in [-0.05, 0) is 13.8 Å². The van der Waals surface area contributed by atoms with Gasteiger partial charge in [0.15, 0.2) is 11.6 Å². The quantitative estimate of drug-likeness (QED) is 0.463. The molecule has 0 amide bonds. The fraction of sp³-hybridized carbons (Fsp3) is 0.200. The van der Waals surface area contributed by atoms with Crippen LogP contribution in [0.25, 0.3) is 0 Å². The molecule has 0 saturated carbocycles. The summed E-state index contributed by atoms with van der Waals surface area (Å²) in [4.78, 5) is 32.3. The number of non-ortho nitro benzene ring substituents is 1. The van der Waals surface area contributed by atoms with Crippen molar-refractivity contribution < 1.29 is 14.5 Å². The first kappa shape index (κ1) is 12.3. The van der Waals surface area contributed by atoms with Gasteiger partial charge < -0.3 is 0 Å². The second-order valence-corrected chi connectivity index (χ2v) is 3.60. The zero-order valence-corrected chi connectivity index (χ0v) is 9.37. The molecule has 0 aliphatic carbocycles. The molecule has 1 aromatic carbocycles. The van der Waals surface area contributed by atoms with Gasteiger partial charge in [0.05, 0.1) is 9.95 Å². The highest BCUT2D eigenvalue weighted by Crippen LogP contribution is 2.27. The number of ketones is 2. The van der Waals surface area contributed by atoms with Crippen LogP contribution in [0.5, 0.6) is 0 Å². The van der Waals surface area contributed by atoms with E-state index < -0.39 is 16.5 Å². The summed E-state index contributed by atoms with van der Waals surface area (Å²) in [5.74, 6) is -0.840. The number of nitro benzene ring substituents is 1. The van der Waals surface area contributed by atoms with E-state index in [1.807, 2.05) is 0 Å². The molecule has 0 spiro atoms. The van der Waals surface area contributed by atoms with Crippen molar-refractivity contribution in [3.8, 4) is 0 Å². The van der Waals surface area contributed by atoms with Crippen LogP contribution in [0.3, 0.4) is 0 Å². The first-order chi connectivity index (χ1) is 7.34. The zero-order valence-electron chi connectivity index (χ0n) is 8.61. The molecule has 1 rings (SSSR count). The Morgan fingerprint density at radius 1 is 1.19 bits per heavy atom. The average Bonchev–Trinajstić information content (AvgIpc) is 2.16. The summed E-state index contributed by atoms with van der Waals surface area (Å²) >= 11 is 5.81. The molecule has 0 atom stereocenters. The minimum atomic E-state index is -0.671. The van der Waals surface area contributed by atoms with E-state index in [4.69, 9.17) is 11.6 Å². The van der Waals surface area contributed by atoms with Crippen LogP contribution in [0.1, 0.15) is 34.6 Å². The highest BCUT2D eigenvalue weighted by atomic mass is 35.5. The fourth-order valence-electron chi connectivity index (χ4n) is 1.23. The van der Waals surface area contributed by atoms with E-state index in [0.29, 0.717) is 0 Å². The second kappa shape index (κ2) is 4.40. The largest absolute Gasteiger partial charge is 0.294 e. The van der Waals surface area contributed by atoms with Gasteiger partial charge in [-0.15, -0.1) is 0 Å². The van der Waals surface area contributed by atoms with Crippen LogP contribution >= 0.6 is 11.6 Å². The molecule has 0 N–H and O–H groups in total. The average molecular weight is 242 g/mol. The first-order valence-electron chi connectivity index (χ1n) is 4.34. The van der Waals surface area contributed by atoms with Gasteiger partial charge in [0.25, 0.3) is 5.69 Å². The molecule has 0 saturated heterocycles. The molecule has 0 heterocycles. The lowest BCUT2D eigenvalue weighted by molar-refractivity contribution is -0.384. The molecule has 0 aliphatic heterocycles. The van der Waals surface area contributed by atoms with Crippen molar-refractivity contribution in [3.05, 3.63) is 38.4 Å². The maximum absolute atomic E-state index is 11.2. The Morgan fingerprint density at radius 3 is 1.81 bits per heavy atom. The van der Waals surface area contributed by atoms with Crippen LogP contribution in [0, 0.1) is 10.1 Å². The number of rotatable bonds is 3. The number of carbonyl (C=O) groups excluding carboxylic acids is 2. The van der Waals surface area contributed by atoms with Crippen molar-refractivity contribution in [1.29, 1.82) is 0 Å². The predicted octanol–water partition coefficient (Wildman–Crippen LogP) is 2.65. The Morgan fingerprint density at radius 2 is 1.56 bits per heavy atom. The molecule has 1 aromatic rings. The third-order valence-corrected chi connectivity index (χ3v) is 2.43. The van der Waals surface area contributed by atoms with Crippen molar-refractivity contribution in [2.45, 2.75) is 13.8 Å². The summed E-state index contributed by atoms with van der Waals surface area (Å²) in [6.07, 6.45) is 0. The summed E-state index contributed by atoms with van der Waals surface area (Å²) in [7, 11) is 0. The number of Topliss-reactive ketones (excluding diaryl/α,β-unsaturated/α-hetero) is 2. The number of hydrogen-bond donors (Lipinski definition) is 0. The molecule has 0 radical (unpaired) electrons. The van der Waals surface area contributed by atoms with Gasteiger partial charge in [-0.25, -0.2) is 0 Å². The number of halogens is 1. The molecular formula is C10H8ClNO4. The number of nitro groups is 1. The summed E-state index contributed by atoms with van der Waals surface area (Å²) in [5, 5.41) is 10.6. The number of benzene rings is 1. The van der Waals surface area contributed by atoms with Crippen LogP contribution in [0.15, 0.2) is 12.1 Å². The lowest BCUT2D eigenvalue weighted by Crippen LogP contribution is -2.03. The van der Waals surface area contributed by atoms with Crippen molar-refractivity contribution in [2.75, 3.05) is 0 Å². The smallest absolute Gasteiger partial charge is 0.270 e. The Kier molecular flexibility index (Phi) is 3.39. The lowest BCUT2D eigenvalue weighted by Gasteiger charge is -2.04. The van der Waals surface area contributed by atoms with Crippen LogP contribution < -0.4 is 0 Å². The van der Waals surface area contributed by atoms with Crippen LogP contribution in [-0.4, -0.2) is 16.5 Å². The van der Waals surface area contributed by atoms with E-state index in [2.05, 4.69) is 0 Å². The van der Waals surface area contributed by atoms with Crippen molar-refractivity contribution in [2.24, 2.45) is 0 Å². The van der Waals surface area contributed by atoms with Gasteiger partial charge in [-0.1, -0.05) is 11.6 Å². The van der Waals surface area contributed by atoms with E-state index in [1.54, 1.807) is 0 Å². The third-order valence-electron chi connectivity index (χ3n) is 2.03. The number of hydrogen-bond acceptors (Lipinski definition) is 4. The minimum absolute atomic E-state index is 0.0129. The SMILES string of the molecule is CC(=O)c1cc([N+](=O)[O-])cc(C(C)=O)c1Cl. The molecule has 0 bridgehead atoms. The molecule has 5 nitrogen and oxygen atoms in total. The van der Waals surface area contributed by atoms with Crippen LogP contribution in [-0.2, 0) is 0 Å². The fourth-order valence-corrected chi connectivity index (χ4v) is 1.60. The summed E-state index contributed by atoms with van der Waals surface area (Å²) in [6.45, 7) is 2.46. The normalized spacial score (nSPS) is 9.94. The van der Waals surface area contributed by atoms with Crippen molar-refractivity contribution >= 4 is 28.9 Å². The highest BCUT2D eigenvalue weighted by Gasteiger charge is 2.19. The maximum Gasteiger partial charge on any atom is 0.270 e. The standard InChI is InChI=1S/C10H8ClNO4/c1-5(13)8-3-7(12(15)16)4-9(6(2)14)10(8)11/h3-4H,1-2H3. The molecule has 6 heteroatoms. The topological polar surface area (TPSA) is 77.3 Å². The Labute approximate surface area is 96.2 Å². The van der Waals surface area contributed by atoms with Gasteiger partial charge in [0.1, 0.15) is 0 Å². The van der Waals surface area contributed by atoms with Gasteiger partial charge in [0.2, 0.25) is 0 Å². The summed E-state index contributed by atoms with van der Waals surface area (Å²) < 4.78 is 0. The number of carbonyl (C=O) groups is 2. The number of nitrogens with zero attached hydrogens (tertiary/aromatic N) is 1. The predicted molar refractivity (Wildman–Crippen MR) is 58.1 cm³/mol. The van der Waals surface area contributed by atoms with E-state index >= 15 is 0 Å². The molecular weight excluding hydrogens is 234 g/mol. The van der Waals surface area contributed by atoms with Crippen molar-refractivity contribution in [3.63, 3.8) is 0 Å². The highest BCUT2D eigenvalue weighted by molar-refractivity contribution is 6.37. The molecule has 16 heavy (non-hydrogen) atoms. The zero-order chi connectivity index (χ0) is 12.5. The first-order valence-corrected chi connectivity index (χ1v) is 4.72. The van der Waals surface area contributed by atoms with Crippen molar-refractivity contribution in [1.82, 2.24) is 0 Å². The van der Waals surface area contributed by atoms with Gasteiger partial charge in [0, 0.05) is 23.3 Å². The van der Waals surface area contributed by atoms with E-state index in [0.717, 1.165) is 12.1 Å². The van der Waals surface area contributed by atoms with Gasteiger partial charge in [-0.2, -0.15) is 0 Å². The monoisotopic (exact) mass is 241 g/mol. The second-order valence-electron chi connectivity index (χ2n) is 3.22. The molecule has 0 aromatic heterocycles. The Hall–Kier alpha value is -1.75. The molecule has 0 fully saturated rings. The molecule has 0 unspecified atom stereocenters.